The van der Waals surface area contributed by atoms with E-state index in [9.17, 15) is 4.79 Å². The van der Waals surface area contributed by atoms with Crippen LogP contribution in [0, 0.1) is 0 Å². The number of nitrogens with zero attached hydrogens (tertiary/aromatic N) is 2. The molecular weight excluding hydrogens is 268 g/mol. The van der Waals surface area contributed by atoms with Crippen molar-refractivity contribution in [3.8, 4) is 5.75 Å². The fraction of sp³-hybridized carbons (Fsp3) is 0.333. The third-order valence-corrected chi connectivity index (χ3v) is 3.06. The molecule has 0 unspecified atom stereocenters. The van der Waals surface area contributed by atoms with Crippen LogP contribution in [0.3, 0.4) is 0 Å². The first-order valence-corrected chi connectivity index (χ1v) is 6.88. The molecule has 0 fully saturated rings. The maximum Gasteiger partial charge on any atom is 0.251 e. The SMILES string of the molecule is CCOc1cc(N)cc(C(=O)NCCc2nccn2C)c1. The Morgan fingerprint density at radius 3 is 2.90 bits per heavy atom. The number of imidazole rings is 1. The second-order valence-electron chi connectivity index (χ2n) is 4.68. The average Bonchev–Trinajstić information content (AvgIpc) is 2.84. The molecule has 0 radical (unpaired) electrons. The van der Waals surface area contributed by atoms with E-state index in [0.717, 1.165) is 5.82 Å². The molecule has 1 aromatic heterocycles. The number of carbonyl (C=O) groups excluding carboxylic acids is 1. The molecule has 1 heterocycles. The molecule has 0 bridgehead atoms. The summed E-state index contributed by atoms with van der Waals surface area (Å²) in [5.41, 5.74) is 6.79. The molecule has 21 heavy (non-hydrogen) atoms. The largest absolute Gasteiger partial charge is 0.494 e. The highest BCUT2D eigenvalue weighted by Gasteiger charge is 2.09. The lowest BCUT2D eigenvalue weighted by atomic mass is 10.1. The van der Waals surface area contributed by atoms with Gasteiger partial charge in [0.1, 0.15) is 11.6 Å². The van der Waals surface area contributed by atoms with Crippen molar-refractivity contribution < 1.29 is 9.53 Å². The van der Waals surface area contributed by atoms with Gasteiger partial charge in [-0.2, -0.15) is 0 Å². The van der Waals surface area contributed by atoms with E-state index in [1.165, 1.54) is 0 Å². The van der Waals surface area contributed by atoms with Crippen LogP contribution >= 0.6 is 0 Å². The molecule has 112 valence electrons. The van der Waals surface area contributed by atoms with Gasteiger partial charge < -0.3 is 20.4 Å². The third kappa shape index (κ3) is 3.98. The van der Waals surface area contributed by atoms with Crippen LogP contribution < -0.4 is 15.8 Å². The molecule has 0 spiro atoms. The summed E-state index contributed by atoms with van der Waals surface area (Å²) in [7, 11) is 1.93. The summed E-state index contributed by atoms with van der Waals surface area (Å²) in [5, 5.41) is 2.86. The second kappa shape index (κ2) is 6.78. The summed E-state index contributed by atoms with van der Waals surface area (Å²) in [6.45, 7) is 2.93. The smallest absolute Gasteiger partial charge is 0.251 e. The first-order valence-electron chi connectivity index (χ1n) is 6.88. The Morgan fingerprint density at radius 1 is 1.43 bits per heavy atom. The lowest BCUT2D eigenvalue weighted by Gasteiger charge is -2.09. The number of rotatable bonds is 6. The molecule has 0 aliphatic rings. The number of aryl methyl sites for hydroxylation is 1. The number of hydrogen-bond donors (Lipinski definition) is 2. The van der Waals surface area contributed by atoms with Crippen LogP contribution in [-0.2, 0) is 13.5 Å². The predicted molar refractivity (Wildman–Crippen MR) is 81.3 cm³/mol. The average molecular weight is 288 g/mol. The van der Waals surface area contributed by atoms with Crippen LogP contribution in [0.5, 0.6) is 5.75 Å². The number of nitrogens with one attached hydrogen (secondary N) is 1. The van der Waals surface area contributed by atoms with Gasteiger partial charge in [0.25, 0.3) is 5.91 Å². The monoisotopic (exact) mass is 288 g/mol. The molecule has 1 amide bonds. The van der Waals surface area contributed by atoms with E-state index >= 15 is 0 Å². The van der Waals surface area contributed by atoms with Gasteiger partial charge in [-0.3, -0.25) is 4.79 Å². The van der Waals surface area contributed by atoms with Crippen LogP contribution in [0.25, 0.3) is 0 Å². The topological polar surface area (TPSA) is 82.2 Å². The van der Waals surface area contributed by atoms with Crippen molar-refractivity contribution in [3.05, 3.63) is 42.0 Å². The van der Waals surface area contributed by atoms with Crippen molar-refractivity contribution in [3.63, 3.8) is 0 Å². The van der Waals surface area contributed by atoms with Crippen molar-refractivity contribution >= 4 is 11.6 Å². The Hall–Kier alpha value is -2.50. The van der Waals surface area contributed by atoms with Gasteiger partial charge in [-0.15, -0.1) is 0 Å². The van der Waals surface area contributed by atoms with Crippen molar-refractivity contribution in [1.82, 2.24) is 14.9 Å². The van der Waals surface area contributed by atoms with Gasteiger partial charge in [0.05, 0.1) is 6.61 Å². The molecule has 2 rings (SSSR count). The number of nitrogens with two attached hydrogens (primary N) is 1. The number of amides is 1. The summed E-state index contributed by atoms with van der Waals surface area (Å²) < 4.78 is 7.31. The van der Waals surface area contributed by atoms with Crippen molar-refractivity contribution in [2.45, 2.75) is 13.3 Å². The zero-order chi connectivity index (χ0) is 15.2. The number of aromatic nitrogens is 2. The minimum atomic E-state index is -0.169. The number of benzene rings is 1. The quantitative estimate of drug-likeness (QED) is 0.787. The number of carbonyl (C=O) groups is 1. The Bertz CT molecular complexity index is 622. The lowest BCUT2D eigenvalue weighted by molar-refractivity contribution is 0.0953. The second-order valence-corrected chi connectivity index (χ2v) is 4.68. The van der Waals surface area contributed by atoms with E-state index in [1.807, 2.05) is 24.7 Å². The molecular formula is C15H20N4O2. The number of anilines is 1. The van der Waals surface area contributed by atoms with Crippen LogP contribution in [0.15, 0.2) is 30.6 Å². The van der Waals surface area contributed by atoms with Gasteiger partial charge in [-0.05, 0) is 19.1 Å². The minimum Gasteiger partial charge on any atom is -0.494 e. The fourth-order valence-corrected chi connectivity index (χ4v) is 2.03. The molecule has 2 aromatic rings. The highest BCUT2D eigenvalue weighted by molar-refractivity contribution is 5.95. The van der Waals surface area contributed by atoms with Gasteiger partial charge >= 0.3 is 0 Å². The maximum absolute atomic E-state index is 12.1. The Kier molecular flexibility index (Phi) is 4.81. The standard InChI is InChI=1S/C15H20N4O2/c1-3-21-13-9-11(8-12(16)10-13)15(20)18-5-4-14-17-6-7-19(14)2/h6-10H,3-5,16H2,1-2H3,(H,18,20). The summed E-state index contributed by atoms with van der Waals surface area (Å²) in [6.07, 6.45) is 4.29. The van der Waals surface area contributed by atoms with Crippen LogP contribution in [0.2, 0.25) is 0 Å². The van der Waals surface area contributed by atoms with E-state index in [0.29, 0.717) is 36.6 Å². The molecule has 0 atom stereocenters. The Balaban J connectivity index is 1.95. The van der Waals surface area contributed by atoms with E-state index in [2.05, 4.69) is 10.3 Å². The van der Waals surface area contributed by atoms with Crippen LogP contribution in [0.4, 0.5) is 5.69 Å². The first-order chi connectivity index (χ1) is 10.1. The molecule has 0 saturated carbocycles. The summed E-state index contributed by atoms with van der Waals surface area (Å²) in [4.78, 5) is 16.3. The van der Waals surface area contributed by atoms with Crippen LogP contribution in [-0.4, -0.2) is 28.6 Å². The molecule has 6 heteroatoms. The minimum absolute atomic E-state index is 0.169. The predicted octanol–water partition coefficient (Wildman–Crippen LogP) is 1.37. The number of hydrogen-bond acceptors (Lipinski definition) is 4. The lowest BCUT2D eigenvalue weighted by Crippen LogP contribution is -2.26. The highest BCUT2D eigenvalue weighted by Crippen LogP contribution is 2.18. The molecule has 1 aromatic carbocycles. The molecule has 0 aliphatic heterocycles. The molecule has 0 saturated heterocycles. The zero-order valence-electron chi connectivity index (χ0n) is 12.3. The normalized spacial score (nSPS) is 10.4. The third-order valence-electron chi connectivity index (χ3n) is 3.06. The van der Waals surface area contributed by atoms with E-state index < -0.39 is 0 Å². The zero-order valence-corrected chi connectivity index (χ0v) is 12.3. The highest BCUT2D eigenvalue weighted by atomic mass is 16.5. The Labute approximate surface area is 123 Å². The van der Waals surface area contributed by atoms with Gasteiger partial charge in [-0.25, -0.2) is 4.98 Å². The van der Waals surface area contributed by atoms with E-state index in [4.69, 9.17) is 10.5 Å². The van der Waals surface area contributed by atoms with Gasteiger partial charge in [0.15, 0.2) is 0 Å². The Morgan fingerprint density at radius 2 is 2.24 bits per heavy atom. The number of nitrogen functional groups attached to an aromatic ring is 1. The molecule has 3 N–H and O–H groups in total. The first kappa shape index (κ1) is 14.9. The molecule has 0 aliphatic carbocycles. The van der Waals surface area contributed by atoms with Crippen molar-refractivity contribution in [1.29, 1.82) is 0 Å². The number of ether oxygens (including phenoxy) is 1. The fourth-order valence-electron chi connectivity index (χ4n) is 2.03. The van der Waals surface area contributed by atoms with Gasteiger partial charge in [-0.1, -0.05) is 0 Å². The maximum atomic E-state index is 12.1. The summed E-state index contributed by atoms with van der Waals surface area (Å²) in [5.74, 6) is 1.36. The summed E-state index contributed by atoms with van der Waals surface area (Å²) in [6, 6.07) is 5.03. The van der Waals surface area contributed by atoms with E-state index in [1.54, 1.807) is 24.4 Å². The van der Waals surface area contributed by atoms with Gasteiger partial charge in [0, 0.05) is 49.7 Å². The van der Waals surface area contributed by atoms with Crippen molar-refractivity contribution in [2.24, 2.45) is 7.05 Å². The summed E-state index contributed by atoms with van der Waals surface area (Å²) >= 11 is 0. The van der Waals surface area contributed by atoms with Crippen LogP contribution in [0.1, 0.15) is 23.1 Å². The van der Waals surface area contributed by atoms with Gasteiger partial charge in [0.2, 0.25) is 0 Å². The van der Waals surface area contributed by atoms with Crippen molar-refractivity contribution in [2.75, 3.05) is 18.9 Å². The van der Waals surface area contributed by atoms with E-state index in [-0.39, 0.29) is 5.91 Å². The molecule has 6 nitrogen and oxygen atoms in total.